The van der Waals surface area contributed by atoms with E-state index in [9.17, 15) is 0 Å². The maximum absolute atomic E-state index is 3.83. The van der Waals surface area contributed by atoms with Gasteiger partial charge in [-0.1, -0.05) is 51.8 Å². The van der Waals surface area contributed by atoms with Gasteiger partial charge in [0.2, 0.25) is 0 Å². The molecule has 2 rings (SSSR count). The van der Waals surface area contributed by atoms with Crippen LogP contribution in [0, 0.1) is 11.8 Å². The minimum Gasteiger partial charge on any atom is -0.382 e. The number of hydrogen-bond donors (Lipinski definition) is 1. The summed E-state index contributed by atoms with van der Waals surface area (Å²) in [5.41, 5.74) is 2.81. The Kier molecular flexibility index (Phi) is 4.68. The van der Waals surface area contributed by atoms with Gasteiger partial charge in [-0.15, -0.1) is 0 Å². The molecule has 0 heterocycles. The van der Waals surface area contributed by atoms with Crippen LogP contribution < -0.4 is 5.32 Å². The van der Waals surface area contributed by atoms with Crippen molar-refractivity contribution in [2.45, 2.75) is 58.9 Å². The molecule has 1 N–H and O–H groups in total. The molecule has 1 aliphatic rings. The average Bonchev–Trinajstić information content (AvgIpc) is 2.40. The fourth-order valence-electron chi connectivity index (χ4n) is 3.31. The van der Waals surface area contributed by atoms with Crippen molar-refractivity contribution >= 4 is 5.69 Å². The second-order valence-corrected chi connectivity index (χ2v) is 5.95. The molecule has 1 fully saturated rings. The highest BCUT2D eigenvalue weighted by molar-refractivity contribution is 5.51. The van der Waals surface area contributed by atoms with Crippen molar-refractivity contribution in [2.75, 3.05) is 5.32 Å². The third-order valence-corrected chi connectivity index (χ3v) is 4.41. The Labute approximate surface area is 112 Å². The van der Waals surface area contributed by atoms with Crippen LogP contribution in [0.3, 0.4) is 0 Å². The molecule has 2 unspecified atom stereocenters. The van der Waals surface area contributed by atoms with Gasteiger partial charge < -0.3 is 5.32 Å². The first kappa shape index (κ1) is 13.5. The normalized spacial score (nSPS) is 24.2. The summed E-state index contributed by atoms with van der Waals surface area (Å²) < 4.78 is 0. The van der Waals surface area contributed by atoms with E-state index in [4.69, 9.17) is 0 Å². The topological polar surface area (TPSA) is 12.0 Å². The van der Waals surface area contributed by atoms with Crippen LogP contribution in [-0.2, 0) is 6.42 Å². The van der Waals surface area contributed by atoms with E-state index in [1.165, 1.54) is 36.9 Å². The van der Waals surface area contributed by atoms with E-state index in [0.29, 0.717) is 6.04 Å². The Balaban J connectivity index is 2.11. The van der Waals surface area contributed by atoms with Crippen LogP contribution in [0.4, 0.5) is 5.69 Å². The van der Waals surface area contributed by atoms with E-state index in [1.54, 1.807) is 0 Å². The number of nitrogens with one attached hydrogen (secondary N) is 1. The second-order valence-electron chi connectivity index (χ2n) is 5.95. The molecule has 0 radical (unpaired) electrons. The summed E-state index contributed by atoms with van der Waals surface area (Å²) in [5.74, 6) is 1.63. The molecule has 1 aromatic carbocycles. The van der Waals surface area contributed by atoms with Gasteiger partial charge in [0.05, 0.1) is 0 Å². The Morgan fingerprint density at radius 3 is 2.61 bits per heavy atom. The minimum absolute atomic E-state index is 0.673. The zero-order chi connectivity index (χ0) is 13.0. The molecule has 0 amide bonds. The van der Waals surface area contributed by atoms with Crippen LogP contribution >= 0.6 is 0 Å². The van der Waals surface area contributed by atoms with Crippen molar-refractivity contribution in [2.24, 2.45) is 11.8 Å². The molecule has 0 saturated heterocycles. The van der Waals surface area contributed by atoms with Crippen molar-refractivity contribution < 1.29 is 0 Å². The molecule has 1 aliphatic carbocycles. The van der Waals surface area contributed by atoms with Crippen LogP contribution in [-0.4, -0.2) is 6.04 Å². The van der Waals surface area contributed by atoms with Gasteiger partial charge in [-0.2, -0.15) is 0 Å². The summed E-state index contributed by atoms with van der Waals surface area (Å²) in [7, 11) is 0. The van der Waals surface area contributed by atoms with Crippen molar-refractivity contribution in [3.05, 3.63) is 29.8 Å². The molecule has 0 aliphatic heterocycles. The third-order valence-electron chi connectivity index (χ3n) is 4.41. The highest BCUT2D eigenvalue weighted by atomic mass is 14.9. The molecular weight excluding hydrogens is 218 g/mol. The van der Waals surface area contributed by atoms with Crippen LogP contribution in [0.1, 0.15) is 52.0 Å². The number of rotatable bonds is 4. The Hall–Kier alpha value is -0.980. The summed E-state index contributed by atoms with van der Waals surface area (Å²) >= 11 is 0. The van der Waals surface area contributed by atoms with Gasteiger partial charge in [-0.3, -0.25) is 0 Å². The van der Waals surface area contributed by atoms with Gasteiger partial charge >= 0.3 is 0 Å². The molecule has 1 aromatic rings. The summed E-state index contributed by atoms with van der Waals surface area (Å²) in [4.78, 5) is 0. The number of benzene rings is 1. The van der Waals surface area contributed by atoms with Crippen LogP contribution in [0.2, 0.25) is 0 Å². The summed E-state index contributed by atoms with van der Waals surface area (Å²) in [6, 6.07) is 9.45. The van der Waals surface area contributed by atoms with Crippen molar-refractivity contribution in [1.29, 1.82) is 0 Å². The van der Waals surface area contributed by atoms with Gasteiger partial charge in [0.25, 0.3) is 0 Å². The van der Waals surface area contributed by atoms with Crippen molar-refractivity contribution in [3.63, 3.8) is 0 Å². The van der Waals surface area contributed by atoms with Gasteiger partial charge in [-0.25, -0.2) is 0 Å². The van der Waals surface area contributed by atoms with Crippen molar-refractivity contribution in [3.8, 4) is 0 Å². The van der Waals surface area contributed by atoms with Gasteiger partial charge in [0.1, 0.15) is 0 Å². The van der Waals surface area contributed by atoms with Crippen LogP contribution in [0.15, 0.2) is 24.3 Å². The highest BCUT2D eigenvalue weighted by Gasteiger charge is 2.27. The zero-order valence-corrected chi connectivity index (χ0v) is 12.1. The van der Waals surface area contributed by atoms with E-state index in [-0.39, 0.29) is 0 Å². The van der Waals surface area contributed by atoms with E-state index in [0.717, 1.165) is 18.3 Å². The average molecular weight is 245 g/mol. The van der Waals surface area contributed by atoms with E-state index < -0.39 is 0 Å². The van der Waals surface area contributed by atoms with Crippen molar-refractivity contribution in [1.82, 2.24) is 0 Å². The number of para-hydroxylation sites is 1. The maximum Gasteiger partial charge on any atom is 0.0374 e. The molecule has 2 atom stereocenters. The first-order chi connectivity index (χ1) is 8.72. The molecule has 100 valence electrons. The smallest absolute Gasteiger partial charge is 0.0374 e. The Morgan fingerprint density at radius 1 is 1.17 bits per heavy atom. The maximum atomic E-state index is 3.83. The highest BCUT2D eigenvalue weighted by Crippen LogP contribution is 2.33. The fraction of sp³-hybridized carbons (Fsp3) is 0.647. The lowest BCUT2D eigenvalue weighted by molar-refractivity contribution is 0.253. The molecular formula is C17H27N. The van der Waals surface area contributed by atoms with Gasteiger partial charge in [0, 0.05) is 11.7 Å². The first-order valence-corrected chi connectivity index (χ1v) is 7.56. The Bertz CT molecular complexity index is 370. The summed E-state index contributed by atoms with van der Waals surface area (Å²) in [6.07, 6.45) is 6.64. The lowest BCUT2D eigenvalue weighted by atomic mass is 9.77. The largest absolute Gasteiger partial charge is 0.382 e. The molecule has 0 bridgehead atoms. The van der Waals surface area contributed by atoms with E-state index in [1.807, 2.05) is 0 Å². The molecule has 1 saturated carbocycles. The minimum atomic E-state index is 0.673. The fourth-order valence-corrected chi connectivity index (χ4v) is 3.31. The molecule has 0 aromatic heterocycles. The van der Waals surface area contributed by atoms with Crippen LogP contribution in [0.25, 0.3) is 0 Å². The second kappa shape index (κ2) is 6.26. The number of aryl methyl sites for hydroxylation is 1. The first-order valence-electron chi connectivity index (χ1n) is 7.56. The SMILES string of the molecule is CCc1ccccc1NC1CCCCC1C(C)C. The van der Waals surface area contributed by atoms with Crippen LogP contribution in [0.5, 0.6) is 0 Å². The predicted octanol–water partition coefficient (Wildman–Crippen LogP) is 4.88. The molecule has 0 spiro atoms. The monoisotopic (exact) mass is 245 g/mol. The quantitative estimate of drug-likeness (QED) is 0.797. The zero-order valence-electron chi connectivity index (χ0n) is 12.1. The molecule has 18 heavy (non-hydrogen) atoms. The lowest BCUT2D eigenvalue weighted by Gasteiger charge is -2.36. The standard InChI is InChI=1S/C17H27N/c1-4-14-9-5-7-11-16(14)18-17-12-8-6-10-15(17)13(2)3/h5,7,9,11,13,15,17-18H,4,6,8,10,12H2,1-3H3. The van der Waals surface area contributed by atoms with E-state index in [2.05, 4.69) is 50.4 Å². The van der Waals surface area contributed by atoms with Gasteiger partial charge in [-0.05, 0) is 42.7 Å². The predicted molar refractivity (Wildman–Crippen MR) is 80.0 cm³/mol. The Morgan fingerprint density at radius 2 is 1.89 bits per heavy atom. The van der Waals surface area contributed by atoms with E-state index >= 15 is 0 Å². The number of hydrogen-bond acceptors (Lipinski definition) is 1. The lowest BCUT2D eigenvalue weighted by Crippen LogP contribution is -2.35. The molecule has 1 nitrogen and oxygen atoms in total. The number of anilines is 1. The third kappa shape index (κ3) is 3.07. The summed E-state index contributed by atoms with van der Waals surface area (Å²) in [6.45, 7) is 6.98. The summed E-state index contributed by atoms with van der Waals surface area (Å²) in [5, 5.41) is 3.83. The molecule has 1 heteroatoms. The van der Waals surface area contributed by atoms with Gasteiger partial charge in [0.15, 0.2) is 0 Å².